The number of para-hydroxylation sites is 2. The number of hydrogen-bond acceptors (Lipinski definition) is 5. The van der Waals surface area contributed by atoms with Crippen molar-refractivity contribution in [2.75, 3.05) is 33.4 Å². The van der Waals surface area contributed by atoms with Gasteiger partial charge in [0, 0.05) is 24.0 Å². The van der Waals surface area contributed by atoms with Crippen molar-refractivity contribution in [3.63, 3.8) is 0 Å². The molecule has 0 fully saturated rings. The average molecular weight is 458 g/mol. The van der Waals surface area contributed by atoms with Crippen LogP contribution < -0.4 is 14.8 Å². The van der Waals surface area contributed by atoms with Crippen molar-refractivity contribution >= 4 is 23.3 Å². The zero-order chi connectivity index (χ0) is 23.1. The van der Waals surface area contributed by atoms with Crippen LogP contribution in [0.3, 0.4) is 0 Å². The topological polar surface area (TPSA) is 71.1 Å². The highest BCUT2D eigenvalue weighted by atomic mass is 32.1. The molecule has 0 aliphatic carbocycles. The molecule has 1 atom stereocenters. The van der Waals surface area contributed by atoms with E-state index in [2.05, 4.69) is 23.3 Å². The highest BCUT2D eigenvalue weighted by molar-refractivity contribution is 7.10. The number of fused-ring (bicyclic) bond motifs is 1. The highest BCUT2D eigenvalue weighted by Gasteiger charge is 2.33. The Morgan fingerprint density at radius 2 is 2.06 bits per heavy atom. The summed E-state index contributed by atoms with van der Waals surface area (Å²) in [7, 11) is 1.60. The van der Waals surface area contributed by atoms with Gasteiger partial charge in [0.05, 0.1) is 13.2 Å². The molecule has 8 heteroatoms. The highest BCUT2D eigenvalue weighted by Crippen LogP contribution is 2.35. The maximum Gasteiger partial charge on any atom is 0.318 e. The van der Waals surface area contributed by atoms with Gasteiger partial charge in [-0.2, -0.15) is 0 Å². The number of ether oxygens (including phenoxy) is 2. The predicted molar refractivity (Wildman–Crippen MR) is 126 cm³/mol. The summed E-state index contributed by atoms with van der Waals surface area (Å²) in [5.41, 5.74) is 1.10. The summed E-state index contributed by atoms with van der Waals surface area (Å²) in [6, 6.07) is 9.00. The minimum absolute atomic E-state index is 0.0183. The third-order valence-corrected chi connectivity index (χ3v) is 6.25. The molecule has 7 nitrogen and oxygen atoms in total. The first-order valence-electron chi connectivity index (χ1n) is 10.7. The summed E-state index contributed by atoms with van der Waals surface area (Å²) in [4.78, 5) is 30.5. The molecule has 0 saturated heterocycles. The Hall–Kier alpha value is -3.00. The number of amides is 3. The van der Waals surface area contributed by atoms with Crippen LogP contribution in [0.2, 0.25) is 0 Å². The molecule has 1 N–H and O–H groups in total. The van der Waals surface area contributed by atoms with Crippen molar-refractivity contribution in [3.8, 4) is 11.5 Å². The number of thiophene rings is 1. The number of benzene rings is 1. The third kappa shape index (κ3) is 5.62. The van der Waals surface area contributed by atoms with Crippen molar-refractivity contribution in [2.45, 2.75) is 32.4 Å². The largest absolute Gasteiger partial charge is 0.493 e. The van der Waals surface area contributed by atoms with E-state index in [0.29, 0.717) is 31.2 Å². The lowest BCUT2D eigenvalue weighted by atomic mass is 10.0. The van der Waals surface area contributed by atoms with Gasteiger partial charge in [-0.25, -0.2) is 4.79 Å². The lowest BCUT2D eigenvalue weighted by Crippen LogP contribution is -2.50. The summed E-state index contributed by atoms with van der Waals surface area (Å²) < 4.78 is 11.5. The van der Waals surface area contributed by atoms with Crippen LogP contribution in [0.25, 0.3) is 0 Å². The van der Waals surface area contributed by atoms with Gasteiger partial charge in [-0.15, -0.1) is 17.9 Å². The monoisotopic (exact) mass is 457 g/mol. The molecule has 2 aromatic rings. The van der Waals surface area contributed by atoms with Crippen LogP contribution in [-0.2, 0) is 11.2 Å². The van der Waals surface area contributed by atoms with Gasteiger partial charge in [-0.05, 0) is 49.4 Å². The number of rotatable bonds is 9. The molecular formula is C24H31N3O4S. The molecule has 3 amide bonds. The van der Waals surface area contributed by atoms with E-state index in [1.165, 1.54) is 9.78 Å². The van der Waals surface area contributed by atoms with Crippen LogP contribution in [0.1, 0.15) is 30.3 Å². The Morgan fingerprint density at radius 1 is 1.31 bits per heavy atom. The van der Waals surface area contributed by atoms with Crippen molar-refractivity contribution in [1.29, 1.82) is 0 Å². The van der Waals surface area contributed by atoms with Gasteiger partial charge in [0.1, 0.15) is 13.2 Å². The van der Waals surface area contributed by atoms with Gasteiger partial charge in [0.2, 0.25) is 5.91 Å². The smallest absolute Gasteiger partial charge is 0.318 e. The first-order chi connectivity index (χ1) is 15.4. The molecule has 1 aromatic carbocycles. The first-order valence-corrected chi connectivity index (χ1v) is 11.6. The van der Waals surface area contributed by atoms with E-state index in [4.69, 9.17) is 9.47 Å². The second kappa shape index (κ2) is 11.0. The van der Waals surface area contributed by atoms with E-state index < -0.39 is 0 Å². The number of nitrogens with one attached hydrogen (secondary N) is 1. The lowest BCUT2D eigenvalue weighted by Gasteiger charge is -2.37. The first kappa shape index (κ1) is 23.7. The molecule has 0 bridgehead atoms. The van der Waals surface area contributed by atoms with E-state index in [1.54, 1.807) is 24.5 Å². The third-order valence-electron chi connectivity index (χ3n) is 5.26. The second-order valence-electron chi connectivity index (χ2n) is 7.89. The molecule has 0 saturated carbocycles. The molecule has 1 unspecified atom stereocenters. The van der Waals surface area contributed by atoms with E-state index >= 15 is 0 Å². The fourth-order valence-corrected chi connectivity index (χ4v) is 4.68. The lowest BCUT2D eigenvalue weighted by molar-refractivity contribution is -0.135. The van der Waals surface area contributed by atoms with Crippen molar-refractivity contribution in [3.05, 3.63) is 58.8 Å². The Balaban J connectivity index is 1.77. The SMILES string of the molecule is C=CCN(CC(=O)N1CCc2sccc2C1COc1ccccc1OC)C(=O)NC(C)C. The summed E-state index contributed by atoms with van der Waals surface area (Å²) in [5, 5.41) is 4.90. The molecule has 32 heavy (non-hydrogen) atoms. The van der Waals surface area contributed by atoms with Crippen LogP contribution in [0.5, 0.6) is 11.5 Å². The maximum absolute atomic E-state index is 13.3. The quantitative estimate of drug-likeness (QED) is 0.581. The standard InChI is InChI=1S/C24H31N3O4S/c1-5-12-26(24(29)25-17(2)3)15-23(28)27-13-10-22-18(11-14-32-22)19(27)16-31-21-9-7-6-8-20(21)30-4/h5-9,11,14,17,19H,1,10,12-13,15-16H2,2-4H3,(H,25,29). The van der Waals surface area contributed by atoms with E-state index in [1.807, 2.05) is 43.0 Å². The zero-order valence-corrected chi connectivity index (χ0v) is 19.7. The molecule has 1 aliphatic heterocycles. The summed E-state index contributed by atoms with van der Waals surface area (Å²) in [5.74, 6) is 1.17. The molecule has 3 rings (SSSR count). The van der Waals surface area contributed by atoms with Gasteiger partial charge >= 0.3 is 6.03 Å². The Morgan fingerprint density at radius 3 is 2.75 bits per heavy atom. The Kier molecular flexibility index (Phi) is 8.16. The molecule has 2 heterocycles. The normalized spacial score (nSPS) is 15.1. The number of methoxy groups -OCH3 is 1. The molecule has 1 aromatic heterocycles. The molecule has 172 valence electrons. The van der Waals surface area contributed by atoms with Crippen molar-refractivity contribution < 1.29 is 19.1 Å². The van der Waals surface area contributed by atoms with Gasteiger partial charge < -0.3 is 24.6 Å². The fourth-order valence-electron chi connectivity index (χ4n) is 3.75. The zero-order valence-electron chi connectivity index (χ0n) is 18.9. The summed E-state index contributed by atoms with van der Waals surface area (Å²) >= 11 is 1.70. The van der Waals surface area contributed by atoms with Crippen LogP contribution in [0.15, 0.2) is 48.4 Å². The Labute approximate surface area is 193 Å². The molecular weight excluding hydrogens is 426 g/mol. The van der Waals surface area contributed by atoms with Gasteiger partial charge in [-0.3, -0.25) is 4.79 Å². The molecule has 0 radical (unpaired) electrons. The van der Waals surface area contributed by atoms with Crippen molar-refractivity contribution in [2.24, 2.45) is 0 Å². The van der Waals surface area contributed by atoms with Crippen molar-refractivity contribution in [1.82, 2.24) is 15.1 Å². The van der Waals surface area contributed by atoms with Crippen LogP contribution in [0.4, 0.5) is 4.79 Å². The molecule has 0 spiro atoms. The van der Waals surface area contributed by atoms with Gasteiger partial charge in [-0.1, -0.05) is 18.2 Å². The van der Waals surface area contributed by atoms with E-state index in [0.717, 1.165) is 12.0 Å². The minimum Gasteiger partial charge on any atom is -0.493 e. The minimum atomic E-state index is -0.275. The van der Waals surface area contributed by atoms with E-state index in [-0.39, 0.29) is 30.6 Å². The fraction of sp³-hybridized carbons (Fsp3) is 0.417. The number of carbonyl (C=O) groups is 2. The van der Waals surface area contributed by atoms with Crippen LogP contribution in [-0.4, -0.2) is 61.1 Å². The van der Waals surface area contributed by atoms with Crippen LogP contribution >= 0.6 is 11.3 Å². The van der Waals surface area contributed by atoms with E-state index in [9.17, 15) is 9.59 Å². The summed E-state index contributed by atoms with van der Waals surface area (Å²) in [6.07, 6.45) is 2.42. The van der Waals surface area contributed by atoms with Crippen LogP contribution in [0, 0.1) is 0 Å². The van der Waals surface area contributed by atoms with Gasteiger partial charge in [0.15, 0.2) is 11.5 Å². The number of hydrogen-bond donors (Lipinski definition) is 1. The molecule has 1 aliphatic rings. The number of carbonyl (C=O) groups excluding carboxylic acids is 2. The number of nitrogens with zero attached hydrogens (tertiary/aromatic N) is 2. The maximum atomic E-state index is 13.3. The predicted octanol–water partition coefficient (Wildman–Crippen LogP) is 3.87. The average Bonchev–Trinajstić information content (AvgIpc) is 3.26. The summed E-state index contributed by atoms with van der Waals surface area (Å²) in [6.45, 7) is 8.66. The number of urea groups is 1. The Bertz CT molecular complexity index is 943. The van der Waals surface area contributed by atoms with Gasteiger partial charge in [0.25, 0.3) is 0 Å². The second-order valence-corrected chi connectivity index (χ2v) is 8.89.